The summed E-state index contributed by atoms with van der Waals surface area (Å²) in [5, 5.41) is 22.9. The van der Waals surface area contributed by atoms with Gasteiger partial charge in [-0.05, 0) is 29.2 Å². The topological polar surface area (TPSA) is 110 Å². The first kappa shape index (κ1) is 12.3. The number of aliphatic carboxylic acids is 1. The first-order valence-electron chi connectivity index (χ1n) is 5.57. The summed E-state index contributed by atoms with van der Waals surface area (Å²) in [7, 11) is 1.62. The molecular formula is C10H14N4O4. The zero-order chi connectivity index (χ0) is 13.5. The molecule has 18 heavy (non-hydrogen) atoms. The lowest BCUT2D eigenvalue weighted by Crippen LogP contribution is -2.52. The van der Waals surface area contributed by atoms with Crippen LogP contribution in [0.4, 0.5) is 11.6 Å². The lowest BCUT2D eigenvalue weighted by atomic mass is 9.77. The molecule has 1 aliphatic carbocycles. The smallest absolute Gasteiger partial charge is 0.406 e. The molecule has 0 saturated heterocycles. The molecule has 0 bridgehead atoms. The molecule has 0 aliphatic heterocycles. The molecule has 0 unspecified atom stereocenters. The molecule has 1 fully saturated rings. The van der Waals surface area contributed by atoms with Crippen LogP contribution in [0.3, 0.4) is 0 Å². The van der Waals surface area contributed by atoms with Gasteiger partial charge in [0.25, 0.3) is 0 Å². The zero-order valence-corrected chi connectivity index (χ0v) is 10.1. The van der Waals surface area contributed by atoms with Crippen LogP contribution in [-0.2, 0) is 11.8 Å². The van der Waals surface area contributed by atoms with Gasteiger partial charge in [0.05, 0.1) is 0 Å². The Hall–Kier alpha value is -2.12. The van der Waals surface area contributed by atoms with E-state index in [-0.39, 0.29) is 11.6 Å². The first-order valence-corrected chi connectivity index (χ1v) is 5.57. The van der Waals surface area contributed by atoms with E-state index in [2.05, 4.69) is 10.3 Å². The number of anilines is 1. The van der Waals surface area contributed by atoms with E-state index in [0.29, 0.717) is 18.7 Å². The van der Waals surface area contributed by atoms with Crippen LogP contribution >= 0.6 is 0 Å². The Kier molecular flexibility index (Phi) is 2.72. The third-order valence-electron chi connectivity index (χ3n) is 3.45. The molecule has 1 aromatic heterocycles. The van der Waals surface area contributed by atoms with Crippen LogP contribution in [0.15, 0.2) is 0 Å². The van der Waals surface area contributed by atoms with Crippen molar-refractivity contribution < 1.29 is 14.8 Å². The van der Waals surface area contributed by atoms with Gasteiger partial charge >= 0.3 is 11.8 Å². The predicted octanol–water partition coefficient (Wildman–Crippen LogP) is 1.06. The van der Waals surface area contributed by atoms with Gasteiger partial charge in [0.2, 0.25) is 11.6 Å². The van der Waals surface area contributed by atoms with E-state index in [9.17, 15) is 20.0 Å². The number of carboxylic acids is 1. The molecule has 0 spiro atoms. The summed E-state index contributed by atoms with van der Waals surface area (Å²) in [6, 6.07) is 0. The molecule has 1 aromatic rings. The van der Waals surface area contributed by atoms with Crippen LogP contribution < -0.4 is 5.32 Å². The number of nitrogens with zero attached hydrogens (tertiary/aromatic N) is 3. The van der Waals surface area contributed by atoms with Crippen LogP contribution in [0.5, 0.6) is 0 Å². The Balaban J connectivity index is 2.39. The second kappa shape index (κ2) is 3.97. The highest BCUT2D eigenvalue weighted by Crippen LogP contribution is 2.38. The number of imidazole rings is 1. The fraction of sp³-hybridized carbons (Fsp3) is 0.600. The minimum Gasteiger partial charge on any atom is -0.480 e. The summed E-state index contributed by atoms with van der Waals surface area (Å²) in [6.45, 7) is 1.63. The van der Waals surface area contributed by atoms with Gasteiger partial charge < -0.3 is 20.5 Å². The molecule has 2 N–H and O–H groups in total. The number of carboxylic acid groups (broad SMARTS) is 1. The van der Waals surface area contributed by atoms with Gasteiger partial charge in [-0.3, -0.25) is 4.57 Å². The fourth-order valence-electron chi connectivity index (χ4n) is 2.01. The third kappa shape index (κ3) is 1.69. The van der Waals surface area contributed by atoms with E-state index in [1.807, 2.05) is 0 Å². The molecule has 0 aromatic carbocycles. The normalized spacial score (nSPS) is 17.0. The van der Waals surface area contributed by atoms with Crippen molar-refractivity contribution in [3.05, 3.63) is 15.9 Å². The van der Waals surface area contributed by atoms with E-state index < -0.39 is 16.4 Å². The van der Waals surface area contributed by atoms with Crippen LogP contribution in [-0.4, -0.2) is 31.1 Å². The summed E-state index contributed by atoms with van der Waals surface area (Å²) in [6.07, 6.45) is 1.72. The summed E-state index contributed by atoms with van der Waals surface area (Å²) in [5.41, 5.74) is -1.09. The minimum absolute atomic E-state index is 0.152. The fourth-order valence-corrected chi connectivity index (χ4v) is 2.01. The Morgan fingerprint density at radius 3 is 2.61 bits per heavy atom. The van der Waals surface area contributed by atoms with Gasteiger partial charge in [-0.15, -0.1) is 0 Å². The van der Waals surface area contributed by atoms with Crippen molar-refractivity contribution in [2.24, 2.45) is 7.05 Å². The minimum atomic E-state index is -1.09. The Morgan fingerprint density at radius 1 is 1.61 bits per heavy atom. The van der Waals surface area contributed by atoms with E-state index in [1.165, 1.54) is 4.57 Å². The Labute approximate surface area is 103 Å². The van der Waals surface area contributed by atoms with Crippen LogP contribution in [0.1, 0.15) is 25.1 Å². The predicted molar refractivity (Wildman–Crippen MR) is 62.4 cm³/mol. The van der Waals surface area contributed by atoms with Gasteiger partial charge in [0.15, 0.2) is 0 Å². The lowest BCUT2D eigenvalue weighted by molar-refractivity contribution is -0.388. The molecule has 0 radical (unpaired) electrons. The number of nitro groups is 1. The number of carbonyl (C=O) groups is 1. The molecular weight excluding hydrogens is 240 g/mol. The highest BCUT2D eigenvalue weighted by molar-refractivity contribution is 5.84. The molecule has 1 saturated carbocycles. The van der Waals surface area contributed by atoms with Crippen molar-refractivity contribution in [2.75, 3.05) is 5.32 Å². The van der Waals surface area contributed by atoms with Crippen LogP contribution in [0.2, 0.25) is 0 Å². The second-order valence-electron chi connectivity index (χ2n) is 4.51. The van der Waals surface area contributed by atoms with Crippen molar-refractivity contribution >= 4 is 17.6 Å². The summed E-state index contributed by atoms with van der Waals surface area (Å²) in [5.74, 6) is -0.701. The number of hydrogen-bond acceptors (Lipinski definition) is 5. The SMILES string of the molecule is Cc1nc([N+](=O)[O-])c(NC2(C(=O)O)CCC2)n1C. The molecule has 0 amide bonds. The Bertz CT molecular complexity index is 518. The standard InChI is InChI=1S/C10H14N4O4/c1-6-11-7(14(17)18)8(13(6)2)12-10(9(15)16)4-3-5-10/h12H,3-5H2,1-2H3,(H,15,16). The second-order valence-corrected chi connectivity index (χ2v) is 4.51. The van der Waals surface area contributed by atoms with Crippen molar-refractivity contribution in [3.63, 3.8) is 0 Å². The van der Waals surface area contributed by atoms with Crippen LogP contribution in [0, 0.1) is 17.0 Å². The lowest BCUT2D eigenvalue weighted by Gasteiger charge is -2.38. The average molecular weight is 254 g/mol. The van der Waals surface area contributed by atoms with E-state index in [1.54, 1.807) is 14.0 Å². The van der Waals surface area contributed by atoms with E-state index in [4.69, 9.17) is 0 Å². The van der Waals surface area contributed by atoms with Gasteiger partial charge in [-0.25, -0.2) is 4.79 Å². The van der Waals surface area contributed by atoms with Crippen molar-refractivity contribution in [1.29, 1.82) is 0 Å². The van der Waals surface area contributed by atoms with Gasteiger partial charge in [-0.1, -0.05) is 0 Å². The van der Waals surface area contributed by atoms with E-state index >= 15 is 0 Å². The average Bonchev–Trinajstić information content (AvgIpc) is 2.50. The zero-order valence-electron chi connectivity index (χ0n) is 10.1. The van der Waals surface area contributed by atoms with E-state index in [0.717, 1.165) is 6.42 Å². The molecule has 8 heteroatoms. The highest BCUT2D eigenvalue weighted by atomic mass is 16.6. The molecule has 1 aliphatic rings. The third-order valence-corrected chi connectivity index (χ3v) is 3.45. The maximum absolute atomic E-state index is 11.2. The molecule has 8 nitrogen and oxygen atoms in total. The van der Waals surface area contributed by atoms with Gasteiger partial charge in [0, 0.05) is 14.0 Å². The Morgan fingerprint density at radius 2 is 2.22 bits per heavy atom. The van der Waals surface area contributed by atoms with Crippen molar-refractivity contribution in [2.45, 2.75) is 31.7 Å². The molecule has 0 atom stereocenters. The monoisotopic (exact) mass is 254 g/mol. The molecule has 98 valence electrons. The maximum Gasteiger partial charge on any atom is 0.406 e. The molecule has 1 heterocycles. The number of aryl methyl sites for hydroxylation is 1. The van der Waals surface area contributed by atoms with Crippen LogP contribution in [0.25, 0.3) is 0 Å². The summed E-state index contributed by atoms with van der Waals surface area (Å²) < 4.78 is 1.50. The van der Waals surface area contributed by atoms with Crippen molar-refractivity contribution in [3.8, 4) is 0 Å². The maximum atomic E-state index is 11.2. The number of rotatable bonds is 4. The van der Waals surface area contributed by atoms with Gasteiger partial charge in [0.1, 0.15) is 5.54 Å². The quantitative estimate of drug-likeness (QED) is 0.614. The summed E-state index contributed by atoms with van der Waals surface area (Å²) >= 11 is 0. The highest BCUT2D eigenvalue weighted by Gasteiger charge is 2.46. The number of aromatic nitrogens is 2. The number of nitrogens with one attached hydrogen (secondary N) is 1. The number of hydrogen-bond donors (Lipinski definition) is 2. The molecule has 2 rings (SSSR count). The largest absolute Gasteiger partial charge is 0.480 e. The first-order chi connectivity index (χ1) is 8.37. The summed E-state index contributed by atoms with van der Waals surface area (Å²) in [4.78, 5) is 25.3. The van der Waals surface area contributed by atoms with Crippen molar-refractivity contribution in [1.82, 2.24) is 9.55 Å². The van der Waals surface area contributed by atoms with Gasteiger partial charge in [-0.2, -0.15) is 0 Å².